The predicted octanol–water partition coefficient (Wildman–Crippen LogP) is 1.91. The second kappa shape index (κ2) is 9.01. The molecule has 0 unspecified atom stereocenters. The van der Waals surface area contributed by atoms with E-state index in [9.17, 15) is 9.59 Å². The van der Waals surface area contributed by atoms with E-state index in [4.69, 9.17) is 4.74 Å². The molecule has 0 radical (unpaired) electrons. The van der Waals surface area contributed by atoms with Crippen LogP contribution < -0.4 is 15.8 Å². The molecule has 1 aromatic carbocycles. The maximum atomic E-state index is 12.6. The van der Waals surface area contributed by atoms with Gasteiger partial charge in [-0.1, -0.05) is 17.7 Å². The Morgan fingerprint density at radius 3 is 2.64 bits per heavy atom. The van der Waals surface area contributed by atoms with Crippen LogP contribution >= 0.6 is 0 Å². The Balaban J connectivity index is 1.56. The van der Waals surface area contributed by atoms with Crippen LogP contribution in [-0.2, 0) is 11.3 Å². The lowest BCUT2D eigenvalue weighted by atomic mass is 10.0. The first-order valence-electron chi connectivity index (χ1n) is 9.67. The van der Waals surface area contributed by atoms with Crippen LogP contribution in [0, 0.1) is 13.8 Å². The van der Waals surface area contributed by atoms with Gasteiger partial charge in [0.25, 0.3) is 11.5 Å². The molecule has 3 rings (SSSR count). The molecule has 0 aliphatic carbocycles. The maximum absolute atomic E-state index is 12.6. The van der Waals surface area contributed by atoms with Gasteiger partial charge in [-0.3, -0.25) is 9.59 Å². The van der Waals surface area contributed by atoms with Crippen molar-refractivity contribution in [2.24, 2.45) is 0 Å². The van der Waals surface area contributed by atoms with Crippen molar-refractivity contribution in [2.75, 3.05) is 31.7 Å². The summed E-state index contributed by atoms with van der Waals surface area (Å²) in [6.07, 6.45) is 3.40. The molecule has 7 heteroatoms. The number of benzene rings is 1. The summed E-state index contributed by atoms with van der Waals surface area (Å²) < 4.78 is 6.40. The van der Waals surface area contributed by atoms with Crippen LogP contribution in [0.3, 0.4) is 0 Å². The van der Waals surface area contributed by atoms with Crippen molar-refractivity contribution in [1.29, 1.82) is 0 Å². The van der Waals surface area contributed by atoms with Crippen LogP contribution in [0.4, 0.5) is 5.69 Å². The van der Waals surface area contributed by atoms with Gasteiger partial charge in [-0.2, -0.15) is 5.10 Å². The van der Waals surface area contributed by atoms with E-state index in [-0.39, 0.29) is 17.5 Å². The van der Waals surface area contributed by atoms with Crippen molar-refractivity contribution in [2.45, 2.75) is 39.3 Å². The number of anilines is 1. The fraction of sp³-hybridized carbons (Fsp3) is 0.476. The number of piperidine rings is 1. The zero-order valence-corrected chi connectivity index (χ0v) is 16.8. The molecule has 1 N–H and O–H groups in total. The second-order valence-corrected chi connectivity index (χ2v) is 7.32. The number of hydrogen-bond acceptors (Lipinski definition) is 5. The average molecular weight is 384 g/mol. The van der Waals surface area contributed by atoms with Gasteiger partial charge in [0, 0.05) is 37.9 Å². The lowest BCUT2D eigenvalue weighted by molar-refractivity contribution is 0.0930. The van der Waals surface area contributed by atoms with Gasteiger partial charge in [-0.05, 0) is 38.3 Å². The zero-order valence-electron chi connectivity index (χ0n) is 16.8. The van der Waals surface area contributed by atoms with E-state index in [1.807, 2.05) is 32.0 Å². The molecule has 1 saturated heterocycles. The fourth-order valence-electron chi connectivity index (χ4n) is 3.56. The Bertz CT molecular complexity index is 885. The fourth-order valence-corrected chi connectivity index (χ4v) is 3.56. The number of nitrogens with zero attached hydrogens (tertiary/aromatic N) is 3. The predicted molar refractivity (Wildman–Crippen MR) is 109 cm³/mol. The number of aromatic nitrogens is 2. The molecule has 1 aromatic heterocycles. The lowest BCUT2D eigenvalue weighted by Crippen LogP contribution is -2.45. The number of nitrogens with one attached hydrogen (secondary N) is 1. The number of carbonyl (C=O) groups is 1. The zero-order chi connectivity index (χ0) is 20.1. The third kappa shape index (κ3) is 4.78. The van der Waals surface area contributed by atoms with Gasteiger partial charge in [-0.25, -0.2) is 4.68 Å². The highest BCUT2D eigenvalue weighted by Crippen LogP contribution is 2.18. The van der Waals surface area contributed by atoms with Crippen LogP contribution in [0.15, 0.2) is 35.3 Å². The summed E-state index contributed by atoms with van der Waals surface area (Å²) in [4.78, 5) is 26.9. The van der Waals surface area contributed by atoms with Gasteiger partial charge in [-0.15, -0.1) is 0 Å². The van der Waals surface area contributed by atoms with Crippen molar-refractivity contribution in [3.05, 3.63) is 57.5 Å². The topological polar surface area (TPSA) is 76.5 Å². The van der Waals surface area contributed by atoms with Gasteiger partial charge in [0.05, 0.1) is 25.0 Å². The van der Waals surface area contributed by atoms with E-state index in [1.54, 1.807) is 19.4 Å². The van der Waals surface area contributed by atoms with E-state index < -0.39 is 0 Å². The van der Waals surface area contributed by atoms with Crippen LogP contribution in [0.1, 0.15) is 34.3 Å². The molecule has 1 aliphatic heterocycles. The Morgan fingerprint density at radius 2 is 2.00 bits per heavy atom. The highest BCUT2D eigenvalue weighted by atomic mass is 16.5. The van der Waals surface area contributed by atoms with Crippen molar-refractivity contribution in [1.82, 2.24) is 15.1 Å². The highest BCUT2D eigenvalue weighted by Gasteiger charge is 2.22. The first-order valence-corrected chi connectivity index (χ1v) is 9.67. The summed E-state index contributed by atoms with van der Waals surface area (Å²) in [7, 11) is 1.60. The summed E-state index contributed by atoms with van der Waals surface area (Å²) in [5, 5.41) is 7.38. The SMILES string of the molecule is COCCn1ncc(N2CCC(NC(=O)c3ccc(C)cc3C)CC2)cc1=O. The highest BCUT2D eigenvalue weighted by molar-refractivity contribution is 5.95. The summed E-state index contributed by atoms with van der Waals surface area (Å²) in [5.41, 5.74) is 3.59. The molecule has 0 spiro atoms. The first-order chi connectivity index (χ1) is 13.5. The summed E-state index contributed by atoms with van der Waals surface area (Å²) >= 11 is 0. The summed E-state index contributed by atoms with van der Waals surface area (Å²) in [6.45, 7) is 6.45. The summed E-state index contributed by atoms with van der Waals surface area (Å²) in [5.74, 6) is -0.0154. The molecule has 1 amide bonds. The largest absolute Gasteiger partial charge is 0.383 e. The third-order valence-electron chi connectivity index (χ3n) is 5.18. The van der Waals surface area contributed by atoms with E-state index in [0.29, 0.717) is 13.2 Å². The quantitative estimate of drug-likeness (QED) is 0.823. The van der Waals surface area contributed by atoms with Crippen molar-refractivity contribution >= 4 is 11.6 Å². The molecular formula is C21H28N4O3. The molecule has 1 fully saturated rings. The minimum Gasteiger partial charge on any atom is -0.383 e. The molecule has 150 valence electrons. The molecule has 0 saturated carbocycles. The van der Waals surface area contributed by atoms with Gasteiger partial charge >= 0.3 is 0 Å². The Labute approximate surface area is 165 Å². The van der Waals surface area contributed by atoms with Crippen LogP contribution in [0.2, 0.25) is 0 Å². The van der Waals surface area contributed by atoms with Crippen LogP contribution in [-0.4, -0.2) is 48.5 Å². The van der Waals surface area contributed by atoms with E-state index in [0.717, 1.165) is 48.3 Å². The minimum absolute atomic E-state index is 0.0154. The van der Waals surface area contributed by atoms with Crippen LogP contribution in [0.5, 0.6) is 0 Å². The number of hydrogen-bond donors (Lipinski definition) is 1. The molecule has 0 atom stereocenters. The molecule has 2 aromatic rings. The Morgan fingerprint density at radius 1 is 1.25 bits per heavy atom. The number of ether oxygens (including phenoxy) is 1. The van der Waals surface area contributed by atoms with E-state index >= 15 is 0 Å². The van der Waals surface area contributed by atoms with Crippen LogP contribution in [0.25, 0.3) is 0 Å². The second-order valence-electron chi connectivity index (χ2n) is 7.32. The number of amides is 1. The normalized spacial score (nSPS) is 14.9. The smallest absolute Gasteiger partial charge is 0.268 e. The van der Waals surface area contributed by atoms with Crippen molar-refractivity contribution < 1.29 is 9.53 Å². The molecule has 1 aliphatic rings. The number of rotatable bonds is 6. The van der Waals surface area contributed by atoms with Gasteiger partial charge < -0.3 is 15.0 Å². The standard InChI is InChI=1S/C21H28N4O3/c1-15-4-5-19(16(2)12-15)21(27)23-17-6-8-24(9-7-17)18-13-20(26)25(22-14-18)10-11-28-3/h4-5,12-14,17H,6-11H2,1-3H3,(H,23,27). The number of aryl methyl sites for hydroxylation is 2. The monoisotopic (exact) mass is 384 g/mol. The van der Waals surface area contributed by atoms with E-state index in [1.165, 1.54) is 4.68 Å². The number of methoxy groups -OCH3 is 1. The molecule has 28 heavy (non-hydrogen) atoms. The number of carbonyl (C=O) groups excluding carboxylic acids is 1. The molecule has 2 heterocycles. The van der Waals surface area contributed by atoms with Crippen molar-refractivity contribution in [3.8, 4) is 0 Å². The molecule has 7 nitrogen and oxygen atoms in total. The minimum atomic E-state index is -0.125. The van der Waals surface area contributed by atoms with Gasteiger partial charge in [0.15, 0.2) is 0 Å². The molecular weight excluding hydrogens is 356 g/mol. The first kappa shape index (κ1) is 20.1. The Kier molecular flexibility index (Phi) is 6.46. The molecule has 0 bridgehead atoms. The van der Waals surface area contributed by atoms with Gasteiger partial charge in [0.1, 0.15) is 0 Å². The Hall–Kier alpha value is -2.67. The van der Waals surface area contributed by atoms with E-state index in [2.05, 4.69) is 15.3 Å². The third-order valence-corrected chi connectivity index (χ3v) is 5.18. The lowest BCUT2D eigenvalue weighted by Gasteiger charge is -2.33. The maximum Gasteiger partial charge on any atom is 0.268 e. The van der Waals surface area contributed by atoms with Gasteiger partial charge in [0.2, 0.25) is 0 Å². The average Bonchev–Trinajstić information content (AvgIpc) is 2.67. The van der Waals surface area contributed by atoms with Crippen molar-refractivity contribution in [3.63, 3.8) is 0 Å². The summed E-state index contributed by atoms with van der Waals surface area (Å²) in [6, 6.07) is 7.64.